The van der Waals surface area contributed by atoms with Crippen molar-refractivity contribution < 1.29 is 17.9 Å². The van der Waals surface area contributed by atoms with Crippen LogP contribution in [-0.2, 0) is 6.18 Å². The predicted octanol–water partition coefficient (Wildman–Crippen LogP) is 7.06. The first kappa shape index (κ1) is 22.9. The summed E-state index contributed by atoms with van der Waals surface area (Å²) in [6.45, 7) is 1.93. The van der Waals surface area contributed by atoms with Gasteiger partial charge in [0.25, 0.3) is 0 Å². The van der Waals surface area contributed by atoms with E-state index >= 15 is 0 Å². The van der Waals surface area contributed by atoms with Crippen LogP contribution in [0.15, 0.2) is 89.5 Å². The van der Waals surface area contributed by atoms with Crippen molar-refractivity contribution in [2.45, 2.75) is 31.9 Å². The van der Waals surface area contributed by atoms with Crippen molar-refractivity contribution in [3.63, 3.8) is 0 Å². The van der Waals surface area contributed by atoms with E-state index in [4.69, 9.17) is 9.73 Å². The van der Waals surface area contributed by atoms with Crippen LogP contribution in [-0.4, -0.2) is 22.4 Å². The maximum absolute atomic E-state index is 13.6. The number of benzene rings is 2. The van der Waals surface area contributed by atoms with Gasteiger partial charge in [-0.25, -0.2) is 4.98 Å². The molecular formula is C28H24F3N3O. The highest BCUT2D eigenvalue weighted by atomic mass is 19.4. The van der Waals surface area contributed by atoms with Gasteiger partial charge in [-0.15, -0.1) is 0 Å². The molecule has 0 fully saturated rings. The van der Waals surface area contributed by atoms with Gasteiger partial charge in [-0.2, -0.15) is 13.2 Å². The van der Waals surface area contributed by atoms with E-state index in [1.54, 1.807) is 25.6 Å². The number of aliphatic imine (C=N–C) groups is 1. The van der Waals surface area contributed by atoms with Crippen molar-refractivity contribution in [2.75, 3.05) is 7.11 Å². The molecule has 1 aliphatic carbocycles. The number of aryl methyl sites for hydroxylation is 1. The van der Waals surface area contributed by atoms with E-state index in [1.807, 2.05) is 54.1 Å². The zero-order valence-electron chi connectivity index (χ0n) is 19.4. The van der Waals surface area contributed by atoms with Crippen LogP contribution in [0.4, 0.5) is 13.2 Å². The number of hydrogen-bond acceptors (Lipinski definition) is 3. The highest BCUT2D eigenvalue weighted by Crippen LogP contribution is 2.41. The molecule has 0 spiro atoms. The molecule has 2 heterocycles. The van der Waals surface area contributed by atoms with E-state index in [0.717, 1.165) is 34.3 Å². The SMILES string of the molecule is COc1cc(/C=C/C2=CC3=CCCC(c4ccccc4C(F)(F)F)C3=N2)ccc1-n1cnc(C)c1. The lowest BCUT2D eigenvalue weighted by Crippen LogP contribution is -2.20. The molecular weight excluding hydrogens is 451 g/mol. The normalized spacial score (nSPS) is 17.7. The zero-order chi connectivity index (χ0) is 24.6. The summed E-state index contributed by atoms with van der Waals surface area (Å²) in [7, 11) is 1.62. The quantitative estimate of drug-likeness (QED) is 0.396. The van der Waals surface area contributed by atoms with E-state index in [-0.39, 0.29) is 11.5 Å². The first-order chi connectivity index (χ1) is 16.8. The first-order valence-corrected chi connectivity index (χ1v) is 11.4. The smallest absolute Gasteiger partial charge is 0.416 e. The Labute approximate surface area is 201 Å². The van der Waals surface area contributed by atoms with Crippen LogP contribution >= 0.6 is 0 Å². The minimum Gasteiger partial charge on any atom is -0.495 e. The number of allylic oxidation sites excluding steroid dienone is 4. The Hall–Kier alpha value is -3.87. The third-order valence-corrected chi connectivity index (χ3v) is 6.28. The average molecular weight is 476 g/mol. The summed E-state index contributed by atoms with van der Waals surface area (Å²) in [6, 6.07) is 11.7. The predicted molar refractivity (Wildman–Crippen MR) is 131 cm³/mol. The number of rotatable bonds is 5. The van der Waals surface area contributed by atoms with Gasteiger partial charge in [0.05, 0.1) is 41.8 Å². The van der Waals surface area contributed by atoms with Gasteiger partial charge < -0.3 is 9.30 Å². The molecule has 5 rings (SSSR count). The molecule has 2 aliphatic rings. The Morgan fingerprint density at radius 2 is 1.94 bits per heavy atom. The zero-order valence-corrected chi connectivity index (χ0v) is 19.4. The Bertz CT molecular complexity index is 1390. The topological polar surface area (TPSA) is 39.4 Å². The van der Waals surface area contributed by atoms with Crippen molar-refractivity contribution in [2.24, 2.45) is 4.99 Å². The Balaban J connectivity index is 1.41. The lowest BCUT2D eigenvalue weighted by Gasteiger charge is -2.25. The number of imidazole rings is 1. The van der Waals surface area contributed by atoms with Gasteiger partial charge >= 0.3 is 6.18 Å². The van der Waals surface area contributed by atoms with Crippen LogP contribution in [0.2, 0.25) is 0 Å². The molecule has 178 valence electrons. The first-order valence-electron chi connectivity index (χ1n) is 11.4. The number of nitrogens with zero attached hydrogens (tertiary/aromatic N) is 3. The Morgan fingerprint density at radius 1 is 1.11 bits per heavy atom. The second kappa shape index (κ2) is 9.06. The molecule has 2 aromatic carbocycles. The summed E-state index contributed by atoms with van der Waals surface area (Å²) in [5.41, 5.74) is 4.75. The van der Waals surface area contributed by atoms with E-state index in [1.165, 1.54) is 6.07 Å². The second-order valence-corrected chi connectivity index (χ2v) is 8.63. The van der Waals surface area contributed by atoms with Crippen LogP contribution in [0.1, 0.15) is 41.1 Å². The van der Waals surface area contributed by atoms with Crippen LogP contribution in [0.3, 0.4) is 0 Å². The molecule has 0 radical (unpaired) electrons. The van der Waals surface area contributed by atoms with E-state index in [0.29, 0.717) is 24.3 Å². The van der Waals surface area contributed by atoms with Crippen molar-refractivity contribution in [3.05, 3.63) is 107 Å². The largest absolute Gasteiger partial charge is 0.495 e. The van der Waals surface area contributed by atoms with E-state index < -0.39 is 11.7 Å². The number of methoxy groups -OCH3 is 1. The lowest BCUT2D eigenvalue weighted by molar-refractivity contribution is -0.138. The third-order valence-electron chi connectivity index (χ3n) is 6.28. The fourth-order valence-electron chi connectivity index (χ4n) is 4.65. The number of ether oxygens (including phenoxy) is 1. The van der Waals surface area contributed by atoms with Crippen LogP contribution in [0.25, 0.3) is 11.8 Å². The molecule has 7 heteroatoms. The van der Waals surface area contributed by atoms with E-state index in [9.17, 15) is 13.2 Å². The molecule has 1 aromatic heterocycles. The van der Waals surface area contributed by atoms with Gasteiger partial charge in [0.2, 0.25) is 0 Å². The van der Waals surface area contributed by atoms with Gasteiger partial charge in [-0.05, 0) is 66.8 Å². The van der Waals surface area contributed by atoms with Crippen LogP contribution in [0.5, 0.6) is 5.75 Å². The highest BCUT2D eigenvalue weighted by Gasteiger charge is 2.37. The third kappa shape index (κ3) is 4.58. The lowest BCUT2D eigenvalue weighted by atomic mass is 9.80. The number of fused-ring (bicyclic) bond motifs is 1. The minimum absolute atomic E-state index is 0.290. The van der Waals surface area contributed by atoms with Crippen molar-refractivity contribution >= 4 is 11.8 Å². The molecule has 1 aliphatic heterocycles. The summed E-state index contributed by atoms with van der Waals surface area (Å²) in [4.78, 5) is 8.99. The van der Waals surface area contributed by atoms with Gasteiger partial charge in [-0.1, -0.05) is 36.4 Å². The molecule has 4 nitrogen and oxygen atoms in total. The monoisotopic (exact) mass is 475 g/mol. The average Bonchev–Trinajstić information content (AvgIpc) is 3.47. The fraction of sp³-hybridized carbons (Fsp3) is 0.214. The van der Waals surface area contributed by atoms with Crippen LogP contribution in [0, 0.1) is 6.92 Å². The van der Waals surface area contributed by atoms with Gasteiger partial charge in [0, 0.05) is 12.1 Å². The molecule has 1 unspecified atom stereocenters. The molecule has 0 N–H and O–H groups in total. The summed E-state index contributed by atoms with van der Waals surface area (Å²) in [6.07, 6.45) is 8.39. The number of halogens is 3. The van der Waals surface area contributed by atoms with Gasteiger partial charge in [0.15, 0.2) is 0 Å². The molecule has 0 amide bonds. The number of alkyl halides is 3. The fourth-order valence-corrected chi connectivity index (χ4v) is 4.65. The second-order valence-electron chi connectivity index (χ2n) is 8.63. The van der Waals surface area contributed by atoms with Gasteiger partial charge in [-0.3, -0.25) is 4.99 Å². The summed E-state index contributed by atoms with van der Waals surface area (Å²) >= 11 is 0. The standard InChI is InChI=1S/C28H24F3N3O/c1-18-16-34(17-32-18)25-13-11-19(14-26(25)35-2)10-12-21-15-20-6-5-8-23(27(20)33-21)22-7-3-4-9-24(22)28(29,30)31/h3-4,6-7,9-17,23H,5,8H2,1-2H3/b12-10+. The molecule has 3 aromatic rings. The van der Waals surface area contributed by atoms with Crippen LogP contribution < -0.4 is 4.74 Å². The summed E-state index contributed by atoms with van der Waals surface area (Å²) < 4.78 is 48.4. The number of aromatic nitrogens is 2. The van der Waals surface area contributed by atoms with Gasteiger partial charge in [0.1, 0.15) is 5.75 Å². The van der Waals surface area contributed by atoms with Crippen molar-refractivity contribution in [1.29, 1.82) is 0 Å². The highest BCUT2D eigenvalue weighted by molar-refractivity contribution is 6.10. The molecule has 35 heavy (non-hydrogen) atoms. The molecule has 1 atom stereocenters. The molecule has 0 saturated heterocycles. The summed E-state index contributed by atoms with van der Waals surface area (Å²) in [5, 5.41) is 0. The maximum Gasteiger partial charge on any atom is 0.416 e. The molecule has 0 saturated carbocycles. The summed E-state index contributed by atoms with van der Waals surface area (Å²) in [5.74, 6) is 0.324. The minimum atomic E-state index is -4.39. The van der Waals surface area contributed by atoms with Crippen molar-refractivity contribution in [3.8, 4) is 11.4 Å². The Kier molecular flexibility index (Phi) is 5.93. The van der Waals surface area contributed by atoms with E-state index in [2.05, 4.69) is 11.1 Å². The molecule has 0 bridgehead atoms. The number of hydrogen-bond donors (Lipinski definition) is 0. The van der Waals surface area contributed by atoms with Crippen molar-refractivity contribution in [1.82, 2.24) is 9.55 Å². The maximum atomic E-state index is 13.6. The Morgan fingerprint density at radius 3 is 2.69 bits per heavy atom.